The zero-order valence-corrected chi connectivity index (χ0v) is 19.0. The second kappa shape index (κ2) is 9.06. The molecule has 3 aromatic heterocycles. The number of carbonyl (C=O) groups excluding carboxylic acids is 1. The van der Waals surface area contributed by atoms with E-state index in [1.54, 1.807) is 43.9 Å². The van der Waals surface area contributed by atoms with Gasteiger partial charge in [-0.25, -0.2) is 15.0 Å². The molecule has 1 amide bonds. The average molecular weight is 480 g/mol. The normalized spacial score (nSPS) is 11.3. The monoisotopic (exact) mass is 480 g/mol. The second-order valence-electron chi connectivity index (χ2n) is 7.90. The summed E-state index contributed by atoms with van der Waals surface area (Å²) in [5.74, 6) is -0.726. The highest BCUT2D eigenvalue weighted by Crippen LogP contribution is 2.39. The number of rotatable bonds is 5. The van der Waals surface area contributed by atoms with Gasteiger partial charge < -0.3 is 14.2 Å². The minimum absolute atomic E-state index is 0.0187. The van der Waals surface area contributed by atoms with E-state index in [1.165, 1.54) is 29.4 Å². The molecule has 0 aliphatic carbocycles. The molecule has 0 atom stereocenters. The van der Waals surface area contributed by atoms with Crippen molar-refractivity contribution in [1.82, 2.24) is 24.4 Å². The predicted molar refractivity (Wildman–Crippen MR) is 120 cm³/mol. The van der Waals surface area contributed by atoms with Crippen molar-refractivity contribution in [3.05, 3.63) is 71.4 Å². The van der Waals surface area contributed by atoms with Crippen LogP contribution < -0.4 is 4.74 Å². The number of amides is 1. The number of alkyl halides is 3. The molecule has 0 saturated carbocycles. The summed E-state index contributed by atoms with van der Waals surface area (Å²) < 4.78 is 48.8. The van der Waals surface area contributed by atoms with Gasteiger partial charge in [-0.05, 0) is 36.4 Å². The van der Waals surface area contributed by atoms with Gasteiger partial charge in [-0.1, -0.05) is 6.07 Å². The maximum absolute atomic E-state index is 13.9. The van der Waals surface area contributed by atoms with Crippen molar-refractivity contribution >= 4 is 16.9 Å². The molecule has 0 radical (unpaired) electrons. The number of hydrogen-bond donors (Lipinski definition) is 0. The van der Waals surface area contributed by atoms with Crippen LogP contribution in [0.2, 0.25) is 0 Å². The number of nitriles is 1. The SMILES string of the molecule is CN(C)C(=O)c1cccc(COc2ccc(-c3cc4c(ncn4C)c(C#N)n3)cc2C(F)(F)F)n1. The number of ether oxygens (including phenoxy) is 1. The van der Waals surface area contributed by atoms with Gasteiger partial charge in [0.15, 0.2) is 5.69 Å². The third-order valence-corrected chi connectivity index (χ3v) is 5.21. The number of carbonyl (C=O) groups is 1. The molecule has 4 aromatic rings. The molecule has 0 saturated heterocycles. The lowest BCUT2D eigenvalue weighted by Crippen LogP contribution is -2.23. The third kappa shape index (κ3) is 4.77. The lowest BCUT2D eigenvalue weighted by molar-refractivity contribution is -0.139. The molecule has 11 heteroatoms. The van der Waals surface area contributed by atoms with Crippen LogP contribution in [-0.4, -0.2) is 44.4 Å². The molecular formula is C24H19F3N6O2. The summed E-state index contributed by atoms with van der Waals surface area (Å²) in [5, 5.41) is 9.42. The van der Waals surface area contributed by atoms with Gasteiger partial charge in [0.25, 0.3) is 5.91 Å². The van der Waals surface area contributed by atoms with Crippen molar-refractivity contribution in [3.63, 3.8) is 0 Å². The van der Waals surface area contributed by atoms with Crippen LogP contribution in [0, 0.1) is 11.3 Å². The van der Waals surface area contributed by atoms with Crippen LogP contribution in [-0.2, 0) is 19.8 Å². The van der Waals surface area contributed by atoms with Gasteiger partial charge in [0.05, 0.1) is 28.8 Å². The van der Waals surface area contributed by atoms with Crippen molar-refractivity contribution in [3.8, 4) is 23.1 Å². The zero-order chi connectivity index (χ0) is 25.3. The molecule has 0 aliphatic rings. The van der Waals surface area contributed by atoms with Gasteiger partial charge in [0, 0.05) is 26.7 Å². The number of aryl methyl sites for hydroxylation is 1. The van der Waals surface area contributed by atoms with E-state index < -0.39 is 17.5 Å². The summed E-state index contributed by atoms with van der Waals surface area (Å²) in [6.07, 6.45) is -3.21. The number of hydrogen-bond acceptors (Lipinski definition) is 6. The molecule has 3 heterocycles. The number of nitrogens with zero attached hydrogens (tertiary/aromatic N) is 6. The number of aromatic nitrogens is 4. The summed E-state index contributed by atoms with van der Waals surface area (Å²) in [6, 6.07) is 11.8. The van der Waals surface area contributed by atoms with Gasteiger partial charge in [-0.3, -0.25) is 4.79 Å². The highest BCUT2D eigenvalue weighted by atomic mass is 19.4. The standard InChI is InChI=1S/C24H19F3N6O2/c1-32(2)23(34)17-6-4-5-15(30-17)12-35-21-8-7-14(9-16(21)24(25,26)27)18-10-20-22(19(11-28)31-18)29-13-33(20)3/h4-10,13H,12H2,1-3H3. The largest absolute Gasteiger partial charge is 0.487 e. The molecule has 0 bridgehead atoms. The van der Waals surface area contributed by atoms with Crippen LogP contribution in [0.5, 0.6) is 5.75 Å². The van der Waals surface area contributed by atoms with Gasteiger partial charge in [0.1, 0.15) is 29.6 Å². The van der Waals surface area contributed by atoms with Gasteiger partial charge in [-0.2, -0.15) is 18.4 Å². The van der Waals surface area contributed by atoms with E-state index in [0.717, 1.165) is 6.07 Å². The predicted octanol–water partition coefficient (Wildman–Crippen LogP) is 4.20. The first-order valence-corrected chi connectivity index (χ1v) is 10.3. The summed E-state index contributed by atoms with van der Waals surface area (Å²) in [5.41, 5.74) is 0.790. The Balaban J connectivity index is 1.68. The minimum Gasteiger partial charge on any atom is -0.487 e. The molecular weight excluding hydrogens is 461 g/mol. The third-order valence-electron chi connectivity index (χ3n) is 5.21. The first-order valence-electron chi connectivity index (χ1n) is 10.3. The fraction of sp³-hybridized carbons (Fsp3) is 0.208. The molecule has 0 N–H and O–H groups in total. The number of imidazole rings is 1. The number of benzene rings is 1. The van der Waals surface area contributed by atoms with Crippen LogP contribution in [0.15, 0.2) is 48.8 Å². The summed E-state index contributed by atoms with van der Waals surface area (Å²) >= 11 is 0. The van der Waals surface area contributed by atoms with E-state index >= 15 is 0 Å². The number of fused-ring (bicyclic) bond motifs is 1. The van der Waals surface area contributed by atoms with Crippen molar-refractivity contribution < 1.29 is 22.7 Å². The maximum atomic E-state index is 13.9. The van der Waals surface area contributed by atoms with E-state index in [-0.39, 0.29) is 35.2 Å². The Kier molecular flexibility index (Phi) is 6.13. The second-order valence-corrected chi connectivity index (χ2v) is 7.90. The van der Waals surface area contributed by atoms with Crippen LogP contribution in [0.1, 0.15) is 27.4 Å². The molecule has 0 fully saturated rings. The Bertz CT molecular complexity index is 1470. The van der Waals surface area contributed by atoms with Gasteiger partial charge in [-0.15, -0.1) is 0 Å². The summed E-state index contributed by atoms with van der Waals surface area (Å²) in [7, 11) is 4.86. The lowest BCUT2D eigenvalue weighted by atomic mass is 10.1. The molecule has 35 heavy (non-hydrogen) atoms. The van der Waals surface area contributed by atoms with Gasteiger partial charge >= 0.3 is 6.18 Å². The Hall–Kier alpha value is -4.46. The Morgan fingerprint density at radius 3 is 2.63 bits per heavy atom. The highest BCUT2D eigenvalue weighted by molar-refractivity contribution is 5.91. The maximum Gasteiger partial charge on any atom is 0.419 e. The van der Waals surface area contributed by atoms with Crippen molar-refractivity contribution in [2.24, 2.45) is 7.05 Å². The fourth-order valence-corrected chi connectivity index (χ4v) is 3.45. The van der Waals surface area contributed by atoms with Crippen molar-refractivity contribution in [2.45, 2.75) is 12.8 Å². The summed E-state index contributed by atoms with van der Waals surface area (Å²) in [4.78, 5) is 25.9. The van der Waals surface area contributed by atoms with E-state index in [4.69, 9.17) is 4.74 Å². The average Bonchev–Trinajstić information content (AvgIpc) is 3.21. The highest BCUT2D eigenvalue weighted by Gasteiger charge is 2.35. The number of halogens is 3. The van der Waals surface area contributed by atoms with E-state index in [1.807, 2.05) is 6.07 Å². The summed E-state index contributed by atoms with van der Waals surface area (Å²) in [6.45, 7) is -0.269. The smallest absolute Gasteiger partial charge is 0.419 e. The molecule has 4 rings (SSSR count). The molecule has 1 aromatic carbocycles. The zero-order valence-electron chi connectivity index (χ0n) is 19.0. The topological polar surface area (TPSA) is 96.9 Å². The Morgan fingerprint density at radius 1 is 1.17 bits per heavy atom. The van der Waals surface area contributed by atoms with E-state index in [0.29, 0.717) is 16.7 Å². The van der Waals surface area contributed by atoms with Crippen LogP contribution in [0.3, 0.4) is 0 Å². The first kappa shape index (κ1) is 23.7. The number of pyridine rings is 2. The first-order chi connectivity index (χ1) is 16.6. The van der Waals surface area contributed by atoms with Crippen LogP contribution >= 0.6 is 0 Å². The fourth-order valence-electron chi connectivity index (χ4n) is 3.45. The molecule has 0 spiro atoms. The molecule has 0 unspecified atom stereocenters. The molecule has 0 aliphatic heterocycles. The van der Waals surface area contributed by atoms with Gasteiger partial charge in [0.2, 0.25) is 0 Å². The molecule has 178 valence electrons. The van der Waals surface area contributed by atoms with Crippen LogP contribution in [0.25, 0.3) is 22.3 Å². The van der Waals surface area contributed by atoms with Crippen molar-refractivity contribution in [2.75, 3.05) is 14.1 Å². The molecule has 8 nitrogen and oxygen atoms in total. The Morgan fingerprint density at radius 2 is 1.94 bits per heavy atom. The van der Waals surface area contributed by atoms with E-state index in [9.17, 15) is 23.2 Å². The lowest BCUT2D eigenvalue weighted by Gasteiger charge is -2.16. The minimum atomic E-state index is -4.71. The Labute approximate surface area is 198 Å². The van der Waals surface area contributed by atoms with Crippen LogP contribution in [0.4, 0.5) is 13.2 Å². The van der Waals surface area contributed by atoms with Crippen molar-refractivity contribution in [1.29, 1.82) is 5.26 Å². The van der Waals surface area contributed by atoms with E-state index in [2.05, 4.69) is 15.0 Å². The quantitative estimate of drug-likeness (QED) is 0.425.